The molecule has 134 valence electrons. The molecule has 0 bridgehead atoms. The second-order valence-corrected chi connectivity index (χ2v) is 5.64. The predicted octanol–water partition coefficient (Wildman–Crippen LogP) is 2.33. The summed E-state index contributed by atoms with van der Waals surface area (Å²) in [5.41, 5.74) is 1.70. The largest absolute Gasteiger partial charge is 0.469 e. The highest BCUT2D eigenvalue weighted by atomic mass is 16.3. The van der Waals surface area contributed by atoms with E-state index in [-0.39, 0.29) is 5.91 Å². The van der Waals surface area contributed by atoms with Gasteiger partial charge in [0, 0.05) is 38.7 Å². The number of rotatable bonds is 8. The molecular formula is C19H26N4O2. The van der Waals surface area contributed by atoms with Crippen molar-refractivity contribution in [3.8, 4) is 0 Å². The predicted molar refractivity (Wildman–Crippen MR) is 99.7 cm³/mol. The van der Waals surface area contributed by atoms with Crippen LogP contribution in [0.15, 0.2) is 52.1 Å². The monoisotopic (exact) mass is 342 g/mol. The summed E-state index contributed by atoms with van der Waals surface area (Å²) in [7, 11) is 1.73. The number of guanidine groups is 1. The zero-order chi connectivity index (χ0) is 17.9. The van der Waals surface area contributed by atoms with E-state index in [0.717, 1.165) is 30.7 Å². The maximum absolute atomic E-state index is 12.0. The zero-order valence-electron chi connectivity index (χ0n) is 14.8. The summed E-state index contributed by atoms with van der Waals surface area (Å²) in [6, 6.07) is 11.4. The number of hydrogen-bond donors (Lipinski definition) is 3. The Morgan fingerprint density at radius 2 is 2.00 bits per heavy atom. The Bertz CT molecular complexity index is 680. The summed E-state index contributed by atoms with van der Waals surface area (Å²) in [6.45, 7) is 4.04. The first kappa shape index (κ1) is 18.6. The first-order chi connectivity index (χ1) is 12.2. The van der Waals surface area contributed by atoms with E-state index in [4.69, 9.17) is 4.42 Å². The molecule has 6 nitrogen and oxygen atoms in total. The number of nitrogens with zero attached hydrogens (tertiary/aromatic N) is 1. The second kappa shape index (κ2) is 10.2. The van der Waals surface area contributed by atoms with Crippen LogP contribution in [0, 0.1) is 0 Å². The summed E-state index contributed by atoms with van der Waals surface area (Å²) in [4.78, 5) is 16.2. The van der Waals surface area contributed by atoms with Gasteiger partial charge in [0.05, 0.1) is 6.26 Å². The summed E-state index contributed by atoms with van der Waals surface area (Å²) < 4.78 is 5.30. The quantitative estimate of drug-likeness (QED) is 0.508. The molecular weight excluding hydrogens is 316 g/mol. The molecule has 0 atom stereocenters. The molecule has 0 radical (unpaired) electrons. The zero-order valence-corrected chi connectivity index (χ0v) is 14.8. The molecule has 0 aliphatic rings. The summed E-state index contributed by atoms with van der Waals surface area (Å²) >= 11 is 0. The van der Waals surface area contributed by atoms with Crippen molar-refractivity contribution in [3.63, 3.8) is 0 Å². The minimum atomic E-state index is -0.0374. The van der Waals surface area contributed by atoms with Gasteiger partial charge in [-0.1, -0.05) is 19.1 Å². The summed E-state index contributed by atoms with van der Waals surface area (Å²) in [5, 5.41) is 9.38. The number of benzene rings is 1. The lowest BCUT2D eigenvalue weighted by molar-refractivity contribution is 0.0953. The fraction of sp³-hybridized carbons (Fsp3) is 0.368. The molecule has 1 aromatic carbocycles. The van der Waals surface area contributed by atoms with Crippen molar-refractivity contribution in [1.82, 2.24) is 16.0 Å². The van der Waals surface area contributed by atoms with Gasteiger partial charge < -0.3 is 20.4 Å². The Kier molecular flexibility index (Phi) is 7.56. The van der Waals surface area contributed by atoms with E-state index in [9.17, 15) is 4.79 Å². The van der Waals surface area contributed by atoms with E-state index in [1.165, 1.54) is 0 Å². The van der Waals surface area contributed by atoms with Gasteiger partial charge in [-0.05, 0) is 36.2 Å². The van der Waals surface area contributed by atoms with Crippen LogP contribution >= 0.6 is 0 Å². The summed E-state index contributed by atoms with van der Waals surface area (Å²) in [5.74, 6) is 1.62. The molecule has 0 spiro atoms. The normalized spacial score (nSPS) is 11.2. The highest BCUT2D eigenvalue weighted by Gasteiger charge is 2.06. The number of furan rings is 1. The van der Waals surface area contributed by atoms with Crippen molar-refractivity contribution in [2.45, 2.75) is 26.3 Å². The van der Waals surface area contributed by atoms with Crippen LogP contribution in [0.1, 0.15) is 35.0 Å². The lowest BCUT2D eigenvalue weighted by atomic mass is 10.1. The van der Waals surface area contributed by atoms with E-state index in [2.05, 4.69) is 20.9 Å². The van der Waals surface area contributed by atoms with E-state index in [0.29, 0.717) is 24.6 Å². The lowest BCUT2D eigenvalue weighted by Gasteiger charge is -2.12. The average molecular weight is 342 g/mol. The third-order valence-corrected chi connectivity index (χ3v) is 3.65. The molecule has 0 unspecified atom stereocenters. The standard InChI is InChI=1S/C19H26N4O2/c1-3-10-21-18(24)16-7-4-6-15(13-16)14-23-19(20-2)22-11-9-17-8-5-12-25-17/h4-8,12-13H,3,9-11,14H2,1-2H3,(H,21,24)(H2,20,22,23). The highest BCUT2D eigenvalue weighted by Crippen LogP contribution is 2.05. The van der Waals surface area contributed by atoms with Crippen LogP contribution in [0.2, 0.25) is 0 Å². The van der Waals surface area contributed by atoms with Gasteiger partial charge in [0.25, 0.3) is 5.91 Å². The van der Waals surface area contributed by atoms with Crippen molar-refractivity contribution in [3.05, 3.63) is 59.5 Å². The maximum atomic E-state index is 12.0. The Morgan fingerprint density at radius 1 is 1.12 bits per heavy atom. The molecule has 2 aromatic rings. The molecule has 0 aliphatic heterocycles. The van der Waals surface area contributed by atoms with Crippen LogP contribution in [0.25, 0.3) is 0 Å². The number of carbonyl (C=O) groups is 1. The molecule has 6 heteroatoms. The Balaban J connectivity index is 1.81. The van der Waals surface area contributed by atoms with E-state index in [1.54, 1.807) is 13.3 Å². The first-order valence-corrected chi connectivity index (χ1v) is 8.57. The van der Waals surface area contributed by atoms with Crippen molar-refractivity contribution in [1.29, 1.82) is 0 Å². The SMILES string of the molecule is CCCNC(=O)c1cccc(CNC(=NC)NCCc2ccco2)c1. The molecule has 0 saturated heterocycles. The molecule has 25 heavy (non-hydrogen) atoms. The smallest absolute Gasteiger partial charge is 0.251 e. The second-order valence-electron chi connectivity index (χ2n) is 5.64. The molecule has 1 heterocycles. The Morgan fingerprint density at radius 3 is 2.72 bits per heavy atom. The van der Waals surface area contributed by atoms with Crippen LogP contribution in [-0.4, -0.2) is 32.0 Å². The number of amides is 1. The maximum Gasteiger partial charge on any atom is 0.251 e. The molecule has 1 amide bonds. The molecule has 0 aliphatic carbocycles. The third-order valence-electron chi connectivity index (χ3n) is 3.65. The van der Waals surface area contributed by atoms with Gasteiger partial charge in [-0.3, -0.25) is 9.79 Å². The van der Waals surface area contributed by atoms with Gasteiger partial charge in [0.2, 0.25) is 0 Å². The third kappa shape index (κ3) is 6.33. The molecule has 2 rings (SSSR count). The van der Waals surface area contributed by atoms with E-state index >= 15 is 0 Å². The number of nitrogens with one attached hydrogen (secondary N) is 3. The fourth-order valence-corrected chi connectivity index (χ4v) is 2.33. The van der Waals surface area contributed by atoms with Crippen LogP contribution in [0.4, 0.5) is 0 Å². The van der Waals surface area contributed by atoms with Gasteiger partial charge >= 0.3 is 0 Å². The van der Waals surface area contributed by atoms with Gasteiger partial charge in [-0.25, -0.2) is 0 Å². The summed E-state index contributed by atoms with van der Waals surface area (Å²) in [6.07, 6.45) is 3.39. The minimum absolute atomic E-state index is 0.0374. The van der Waals surface area contributed by atoms with Gasteiger partial charge in [-0.15, -0.1) is 0 Å². The van der Waals surface area contributed by atoms with E-state index in [1.807, 2.05) is 43.3 Å². The molecule has 0 saturated carbocycles. The topological polar surface area (TPSA) is 78.7 Å². The van der Waals surface area contributed by atoms with Crippen LogP contribution in [0.3, 0.4) is 0 Å². The first-order valence-electron chi connectivity index (χ1n) is 8.57. The lowest BCUT2D eigenvalue weighted by Crippen LogP contribution is -2.37. The van der Waals surface area contributed by atoms with E-state index < -0.39 is 0 Å². The van der Waals surface area contributed by atoms with Gasteiger partial charge in [-0.2, -0.15) is 0 Å². The molecule has 1 aromatic heterocycles. The van der Waals surface area contributed by atoms with Crippen molar-refractivity contribution < 1.29 is 9.21 Å². The van der Waals surface area contributed by atoms with Crippen LogP contribution in [0.5, 0.6) is 0 Å². The highest BCUT2D eigenvalue weighted by molar-refractivity contribution is 5.94. The van der Waals surface area contributed by atoms with Crippen molar-refractivity contribution in [2.24, 2.45) is 4.99 Å². The van der Waals surface area contributed by atoms with Gasteiger partial charge in [0.15, 0.2) is 5.96 Å². The number of hydrogen-bond acceptors (Lipinski definition) is 3. The van der Waals surface area contributed by atoms with Crippen LogP contribution < -0.4 is 16.0 Å². The number of aliphatic imine (C=N–C) groups is 1. The Hall–Kier alpha value is -2.76. The fourth-order valence-electron chi connectivity index (χ4n) is 2.33. The molecule has 0 fully saturated rings. The average Bonchev–Trinajstić information content (AvgIpc) is 3.16. The minimum Gasteiger partial charge on any atom is -0.469 e. The van der Waals surface area contributed by atoms with Crippen LogP contribution in [-0.2, 0) is 13.0 Å². The Labute approximate surface area is 148 Å². The van der Waals surface area contributed by atoms with Crippen molar-refractivity contribution >= 4 is 11.9 Å². The molecule has 3 N–H and O–H groups in total. The number of carbonyl (C=O) groups excluding carboxylic acids is 1. The van der Waals surface area contributed by atoms with Gasteiger partial charge in [0.1, 0.15) is 5.76 Å². The van der Waals surface area contributed by atoms with Crippen molar-refractivity contribution in [2.75, 3.05) is 20.1 Å².